The molecule has 0 atom stereocenters. The van der Waals surface area contributed by atoms with Crippen LogP contribution in [-0.2, 0) is 37.4 Å². The lowest BCUT2D eigenvalue weighted by Gasteiger charge is -2.34. The number of aromatic amines is 1. The number of H-pyrrole nitrogens is 1. The average Bonchev–Trinajstić information content (AvgIpc) is 3.54. The van der Waals surface area contributed by atoms with Gasteiger partial charge in [-0.1, -0.05) is 40.0 Å². The standard InChI is InChI=1S/C41H62N4O5S.H2O/c1-40(2,3)28-32-31-17-18-33(47)38(37(31)43-39(32)51-41(4,5)6)44-26-22-29(23-27-44)21-24-42-34(48)16-12-8-7-10-14-30(46)15-11-9-13-25-45-35(49)19-20-36(45)50;/h17-20,29,43,47H,7-16,21-28H2,1-6H3,(H,42,48);1H2. The Hall–Kier alpha value is -3.31. The van der Waals surface area contributed by atoms with Crippen LogP contribution in [-0.4, -0.2) is 74.9 Å². The third-order valence-electron chi connectivity index (χ3n) is 9.82. The van der Waals surface area contributed by atoms with Gasteiger partial charge in [-0.05, 0) is 95.6 Å². The lowest BCUT2D eigenvalue weighted by Crippen LogP contribution is -2.35. The topological polar surface area (TPSA) is 153 Å². The van der Waals surface area contributed by atoms with Gasteiger partial charge in [0.2, 0.25) is 10.9 Å². The summed E-state index contributed by atoms with van der Waals surface area (Å²) in [6.45, 7) is 16.5. The van der Waals surface area contributed by atoms with Crippen LogP contribution in [0.25, 0.3) is 10.9 Å². The first-order valence-electron chi connectivity index (χ1n) is 19.3. The van der Waals surface area contributed by atoms with E-state index in [4.69, 9.17) is 0 Å². The lowest BCUT2D eigenvalue weighted by atomic mass is 9.88. The van der Waals surface area contributed by atoms with Gasteiger partial charge in [-0.2, -0.15) is 0 Å². The Labute approximate surface area is 315 Å². The number of piperidine rings is 1. The molecule has 0 aliphatic carbocycles. The largest absolute Gasteiger partial charge is 0.870 e. The van der Waals surface area contributed by atoms with Gasteiger partial charge in [0.15, 0.2) is 0 Å². The molecule has 1 fully saturated rings. The highest BCUT2D eigenvalue weighted by molar-refractivity contribution is 7.80. The number of carbonyl (C=O) groups excluding carboxylic acids is 4. The van der Waals surface area contributed by atoms with Crippen LogP contribution in [0.2, 0.25) is 0 Å². The number of aromatic nitrogens is 1. The van der Waals surface area contributed by atoms with Crippen LogP contribution in [0.15, 0.2) is 29.3 Å². The molecular formula is C41H64N4O6S. The SMILES string of the molecule is CC(C)(C)Cc1c([SH+]C(C)(C)C)[nH]c2c(N3CCC(CCNC(=O)CCCCCCC(=O)CCCCCN4C(=O)C=CC4=O)CC3)c(O)ccc12.[OH-]. The van der Waals surface area contributed by atoms with Crippen LogP contribution < -0.4 is 10.2 Å². The van der Waals surface area contributed by atoms with Gasteiger partial charge in [0.05, 0.1) is 5.52 Å². The van der Waals surface area contributed by atoms with E-state index in [1.807, 2.05) is 6.07 Å². The van der Waals surface area contributed by atoms with E-state index in [2.05, 4.69) is 62.8 Å². The number of nitrogens with one attached hydrogen (secondary N) is 2. The van der Waals surface area contributed by atoms with Crippen molar-refractivity contribution in [3.8, 4) is 5.75 Å². The van der Waals surface area contributed by atoms with Gasteiger partial charge < -0.3 is 25.8 Å². The summed E-state index contributed by atoms with van der Waals surface area (Å²) in [7, 11) is 0. The zero-order valence-electron chi connectivity index (χ0n) is 32.5. The molecule has 1 aromatic carbocycles. The number of phenolic OH excluding ortho intramolecular Hbond substituents is 1. The summed E-state index contributed by atoms with van der Waals surface area (Å²) in [5.41, 5.74) is 3.49. The lowest BCUT2D eigenvalue weighted by molar-refractivity contribution is -0.137. The molecule has 2 aliphatic heterocycles. The van der Waals surface area contributed by atoms with E-state index >= 15 is 0 Å². The summed E-state index contributed by atoms with van der Waals surface area (Å²) in [4.78, 5) is 55.2. The molecule has 3 heterocycles. The minimum absolute atomic E-state index is 0. The van der Waals surface area contributed by atoms with Gasteiger partial charge in [0, 0.05) is 80.3 Å². The maximum absolute atomic E-state index is 12.5. The van der Waals surface area contributed by atoms with E-state index in [9.17, 15) is 24.3 Å². The summed E-state index contributed by atoms with van der Waals surface area (Å²) in [5.74, 6) is 0.756. The first kappa shape index (κ1) is 43.1. The zero-order chi connectivity index (χ0) is 37.2. The predicted molar refractivity (Wildman–Crippen MR) is 211 cm³/mol. The van der Waals surface area contributed by atoms with E-state index in [1.165, 1.54) is 44.8 Å². The molecule has 0 radical (unpaired) electrons. The van der Waals surface area contributed by atoms with Crippen molar-refractivity contribution in [2.24, 2.45) is 11.3 Å². The van der Waals surface area contributed by atoms with Gasteiger partial charge >= 0.3 is 0 Å². The van der Waals surface area contributed by atoms with E-state index in [0.717, 1.165) is 94.9 Å². The molecule has 1 saturated heterocycles. The quantitative estimate of drug-likeness (QED) is 0.0588. The number of amides is 3. The molecule has 0 spiro atoms. The highest BCUT2D eigenvalue weighted by Crippen LogP contribution is 2.42. The maximum Gasteiger partial charge on any atom is 0.253 e. The van der Waals surface area contributed by atoms with Crippen LogP contribution in [0.4, 0.5) is 5.69 Å². The first-order valence-corrected chi connectivity index (χ1v) is 20.2. The monoisotopic (exact) mass is 740 g/mol. The van der Waals surface area contributed by atoms with Gasteiger partial charge in [-0.15, -0.1) is 0 Å². The summed E-state index contributed by atoms with van der Waals surface area (Å²) < 4.78 is 0.120. The molecule has 4 rings (SSSR count). The van der Waals surface area contributed by atoms with Crippen molar-refractivity contribution in [1.29, 1.82) is 0 Å². The Balaban J connectivity index is 0.00000729. The third kappa shape index (κ3) is 13.3. The number of rotatable bonds is 19. The number of carbonyl (C=O) groups is 4. The van der Waals surface area contributed by atoms with Gasteiger partial charge in [0.25, 0.3) is 11.8 Å². The van der Waals surface area contributed by atoms with Crippen LogP contribution >= 0.6 is 0 Å². The van der Waals surface area contributed by atoms with Gasteiger partial charge in [-0.25, -0.2) is 0 Å². The maximum atomic E-state index is 12.5. The number of Topliss-reactive ketones (excluding diaryl/α,β-unsaturated/α-hetero) is 1. The average molecular weight is 741 g/mol. The summed E-state index contributed by atoms with van der Waals surface area (Å²) >= 11 is 1.26. The number of unbranched alkanes of at least 4 members (excludes halogenated alkanes) is 5. The second-order valence-electron chi connectivity index (χ2n) is 16.8. The number of fused-ring (bicyclic) bond motifs is 1. The van der Waals surface area contributed by atoms with Crippen molar-refractivity contribution in [2.75, 3.05) is 31.1 Å². The number of nitrogens with zero attached hydrogens (tertiary/aromatic N) is 2. The Bertz CT molecular complexity index is 1530. The Morgan fingerprint density at radius 2 is 1.48 bits per heavy atom. The normalized spacial score (nSPS) is 15.5. The van der Waals surface area contributed by atoms with Crippen LogP contribution in [0.1, 0.15) is 131 Å². The number of hydrogen-bond acceptors (Lipinski definition) is 7. The Morgan fingerprint density at radius 1 is 0.885 bits per heavy atom. The molecule has 0 saturated carbocycles. The van der Waals surface area contributed by atoms with E-state index < -0.39 is 0 Å². The van der Waals surface area contributed by atoms with Crippen LogP contribution in [0, 0.1) is 11.3 Å². The number of imide groups is 1. The van der Waals surface area contributed by atoms with Crippen molar-refractivity contribution >= 4 is 51.9 Å². The van der Waals surface area contributed by atoms with E-state index in [-0.39, 0.29) is 39.1 Å². The zero-order valence-corrected chi connectivity index (χ0v) is 33.4. The number of anilines is 1. The van der Waals surface area contributed by atoms with Crippen molar-refractivity contribution < 1.29 is 29.8 Å². The molecule has 52 heavy (non-hydrogen) atoms. The number of benzene rings is 1. The van der Waals surface area contributed by atoms with E-state index in [1.54, 1.807) is 0 Å². The summed E-state index contributed by atoms with van der Waals surface area (Å²) in [5, 5.41) is 16.7. The molecule has 3 amide bonds. The van der Waals surface area contributed by atoms with Crippen molar-refractivity contribution in [3.63, 3.8) is 0 Å². The fourth-order valence-electron chi connectivity index (χ4n) is 7.20. The predicted octanol–water partition coefficient (Wildman–Crippen LogP) is 7.38. The minimum atomic E-state index is -0.249. The highest BCUT2D eigenvalue weighted by atomic mass is 32.2. The minimum Gasteiger partial charge on any atom is -0.870 e. The molecular weight excluding hydrogens is 677 g/mol. The molecule has 11 heteroatoms. The Morgan fingerprint density at radius 3 is 2.08 bits per heavy atom. The molecule has 4 N–H and O–H groups in total. The molecule has 290 valence electrons. The first-order chi connectivity index (χ1) is 24.1. The second-order valence-corrected chi connectivity index (χ2v) is 18.8. The van der Waals surface area contributed by atoms with Crippen molar-refractivity contribution in [1.82, 2.24) is 15.2 Å². The van der Waals surface area contributed by atoms with Crippen molar-refractivity contribution in [3.05, 3.63) is 29.8 Å². The summed E-state index contributed by atoms with van der Waals surface area (Å²) in [6.07, 6.45) is 14.2. The van der Waals surface area contributed by atoms with Crippen LogP contribution in [0.5, 0.6) is 5.75 Å². The second kappa shape index (κ2) is 19.7. The highest BCUT2D eigenvalue weighted by Gasteiger charge is 2.32. The Kier molecular flexibility index (Phi) is 16.3. The van der Waals surface area contributed by atoms with Gasteiger partial charge in [-0.3, -0.25) is 24.1 Å². The van der Waals surface area contributed by atoms with E-state index in [0.29, 0.717) is 44.0 Å². The molecule has 10 nitrogen and oxygen atoms in total. The summed E-state index contributed by atoms with van der Waals surface area (Å²) in [6, 6.07) is 3.95. The molecule has 0 bridgehead atoms. The smallest absolute Gasteiger partial charge is 0.253 e. The van der Waals surface area contributed by atoms with Crippen LogP contribution in [0.3, 0.4) is 0 Å². The third-order valence-corrected chi connectivity index (χ3v) is 11.1. The fraction of sp³-hybridized carbons (Fsp3) is 0.659. The number of hydrogen-bond donors (Lipinski definition) is 3. The fourth-order valence-corrected chi connectivity index (χ4v) is 8.37. The number of thiol groups is 1. The molecule has 2 aliphatic rings. The van der Waals surface area contributed by atoms with Gasteiger partial charge in [0.1, 0.15) is 22.0 Å². The van der Waals surface area contributed by atoms with Crippen molar-refractivity contribution in [2.45, 2.75) is 141 Å². The number of ketones is 1. The molecule has 1 aromatic heterocycles. The number of phenols is 1. The number of aromatic hydroxyl groups is 1. The molecule has 0 unspecified atom stereocenters. The molecule has 2 aromatic rings.